The molecule has 1 aromatic rings. The van der Waals surface area contributed by atoms with Gasteiger partial charge in [0.1, 0.15) is 11.0 Å². The molecule has 0 aliphatic rings. The number of carbonyl (C=O) groups is 1. The molecule has 0 N–H and O–H groups in total. The Labute approximate surface area is 118 Å². The van der Waals surface area contributed by atoms with Gasteiger partial charge in [-0.1, -0.05) is 31.9 Å². The molecule has 1 amide bonds. The molecule has 0 radical (unpaired) electrons. The van der Waals surface area contributed by atoms with Crippen molar-refractivity contribution in [3.8, 4) is 0 Å². The van der Waals surface area contributed by atoms with Crippen LogP contribution in [0.4, 0.5) is 4.39 Å². The van der Waals surface area contributed by atoms with Gasteiger partial charge >= 0.3 is 0 Å². The Kier molecular flexibility index (Phi) is 6.22. The van der Waals surface area contributed by atoms with Gasteiger partial charge in [-0.2, -0.15) is 0 Å². The average molecular weight is 287 g/mol. The number of nitrogens with zero attached hydrogens (tertiary/aromatic N) is 2. The minimum Gasteiger partial charge on any atom is -0.336 e. The van der Waals surface area contributed by atoms with E-state index in [2.05, 4.69) is 11.9 Å². The molecule has 5 heteroatoms. The van der Waals surface area contributed by atoms with E-state index in [4.69, 9.17) is 11.6 Å². The first-order valence-corrected chi connectivity index (χ1v) is 7.01. The predicted molar refractivity (Wildman–Crippen MR) is 74.9 cm³/mol. The summed E-state index contributed by atoms with van der Waals surface area (Å²) < 4.78 is 13.2. The molecule has 1 rings (SSSR count). The summed E-state index contributed by atoms with van der Waals surface area (Å²) in [7, 11) is 0. The molecule has 1 heterocycles. The van der Waals surface area contributed by atoms with Crippen molar-refractivity contribution in [2.45, 2.75) is 46.1 Å². The van der Waals surface area contributed by atoms with Crippen molar-refractivity contribution in [3.05, 3.63) is 28.8 Å². The topological polar surface area (TPSA) is 33.2 Å². The predicted octanol–water partition coefficient (Wildman–Crippen LogP) is 3.91. The highest BCUT2D eigenvalue weighted by Crippen LogP contribution is 2.18. The van der Waals surface area contributed by atoms with Crippen LogP contribution in [-0.4, -0.2) is 28.4 Å². The third-order valence-electron chi connectivity index (χ3n) is 3.17. The summed E-state index contributed by atoms with van der Waals surface area (Å²) in [5.74, 6) is -0.799. The Morgan fingerprint density at radius 2 is 2.21 bits per heavy atom. The average Bonchev–Trinajstić information content (AvgIpc) is 2.41. The van der Waals surface area contributed by atoms with Gasteiger partial charge in [-0.3, -0.25) is 4.79 Å². The zero-order valence-corrected chi connectivity index (χ0v) is 12.4. The first kappa shape index (κ1) is 15.9. The van der Waals surface area contributed by atoms with Crippen LogP contribution in [0.15, 0.2) is 12.3 Å². The zero-order valence-electron chi connectivity index (χ0n) is 11.6. The van der Waals surface area contributed by atoms with Crippen molar-refractivity contribution in [2.24, 2.45) is 0 Å². The van der Waals surface area contributed by atoms with Gasteiger partial charge in [-0.05, 0) is 25.8 Å². The largest absolute Gasteiger partial charge is 0.336 e. The lowest BCUT2D eigenvalue weighted by Gasteiger charge is -2.28. The fourth-order valence-electron chi connectivity index (χ4n) is 1.80. The molecular weight excluding hydrogens is 267 g/mol. The molecule has 1 unspecified atom stereocenters. The fourth-order valence-corrected chi connectivity index (χ4v) is 1.98. The van der Waals surface area contributed by atoms with Crippen LogP contribution >= 0.6 is 11.6 Å². The number of amides is 1. The summed E-state index contributed by atoms with van der Waals surface area (Å²) in [6.45, 7) is 6.71. The third kappa shape index (κ3) is 4.16. The lowest BCUT2D eigenvalue weighted by Crippen LogP contribution is -2.39. The van der Waals surface area contributed by atoms with Crippen LogP contribution in [-0.2, 0) is 0 Å². The molecule has 0 spiro atoms. The maximum absolute atomic E-state index is 13.2. The van der Waals surface area contributed by atoms with Gasteiger partial charge in [0.05, 0.1) is 11.8 Å². The molecule has 0 aliphatic carbocycles. The van der Waals surface area contributed by atoms with Crippen LogP contribution in [0, 0.1) is 5.82 Å². The number of aromatic nitrogens is 1. The van der Waals surface area contributed by atoms with Crippen molar-refractivity contribution < 1.29 is 9.18 Å². The molecule has 106 valence electrons. The normalized spacial score (nSPS) is 12.3. The van der Waals surface area contributed by atoms with Gasteiger partial charge < -0.3 is 4.90 Å². The highest BCUT2D eigenvalue weighted by atomic mass is 35.5. The molecule has 0 saturated carbocycles. The highest BCUT2D eigenvalue weighted by molar-refractivity contribution is 6.32. The summed E-state index contributed by atoms with van der Waals surface area (Å²) in [5.41, 5.74) is 0.137. The molecule has 0 aromatic carbocycles. The Hall–Kier alpha value is -1.16. The summed E-state index contributed by atoms with van der Waals surface area (Å²) in [4.78, 5) is 17.9. The lowest BCUT2D eigenvalue weighted by atomic mass is 10.1. The Balaban J connectivity index is 3.00. The summed E-state index contributed by atoms with van der Waals surface area (Å²) >= 11 is 5.89. The summed E-state index contributed by atoms with van der Waals surface area (Å²) in [6.07, 6.45) is 3.76. The van der Waals surface area contributed by atoms with Gasteiger partial charge in [0.2, 0.25) is 0 Å². The standard InChI is InChI=1S/C14H20ClFN2O/c1-4-6-7-18(10(3)5-2)14(19)12-8-11(16)9-17-13(12)15/h8-10H,4-7H2,1-3H3. The smallest absolute Gasteiger partial charge is 0.257 e. The van der Waals surface area contributed by atoms with E-state index in [-0.39, 0.29) is 22.7 Å². The summed E-state index contributed by atoms with van der Waals surface area (Å²) in [6, 6.07) is 1.25. The highest BCUT2D eigenvalue weighted by Gasteiger charge is 2.23. The van der Waals surface area contributed by atoms with E-state index in [9.17, 15) is 9.18 Å². The molecule has 3 nitrogen and oxygen atoms in total. The first-order chi connectivity index (χ1) is 9.01. The van der Waals surface area contributed by atoms with Crippen LogP contribution < -0.4 is 0 Å². The molecule has 19 heavy (non-hydrogen) atoms. The molecule has 1 aromatic heterocycles. The van der Waals surface area contributed by atoms with Gasteiger partial charge in [-0.15, -0.1) is 0 Å². The maximum atomic E-state index is 13.2. The van der Waals surface area contributed by atoms with Crippen LogP contribution in [0.3, 0.4) is 0 Å². The number of halogens is 2. The monoisotopic (exact) mass is 286 g/mol. The molecule has 0 aliphatic heterocycles. The lowest BCUT2D eigenvalue weighted by molar-refractivity contribution is 0.0684. The van der Waals surface area contributed by atoms with E-state index < -0.39 is 5.82 Å². The van der Waals surface area contributed by atoms with Crippen molar-refractivity contribution in [2.75, 3.05) is 6.54 Å². The summed E-state index contributed by atoms with van der Waals surface area (Å²) in [5, 5.41) is 0.0520. The van der Waals surface area contributed by atoms with Crippen molar-refractivity contribution in [3.63, 3.8) is 0 Å². The van der Waals surface area contributed by atoms with E-state index in [0.29, 0.717) is 6.54 Å². The van der Waals surface area contributed by atoms with Crippen LogP contribution in [0.2, 0.25) is 5.15 Å². The van der Waals surface area contributed by atoms with Crippen molar-refractivity contribution in [1.29, 1.82) is 0 Å². The van der Waals surface area contributed by atoms with Gasteiger partial charge in [0.25, 0.3) is 5.91 Å². The van der Waals surface area contributed by atoms with Crippen LogP contribution in [0.1, 0.15) is 50.4 Å². The molecular formula is C14H20ClFN2O. The number of hydrogen-bond donors (Lipinski definition) is 0. The quantitative estimate of drug-likeness (QED) is 0.743. The third-order valence-corrected chi connectivity index (χ3v) is 3.47. The van der Waals surface area contributed by atoms with Crippen molar-refractivity contribution in [1.82, 2.24) is 9.88 Å². The first-order valence-electron chi connectivity index (χ1n) is 6.63. The van der Waals surface area contributed by atoms with E-state index in [1.165, 1.54) is 0 Å². The Morgan fingerprint density at radius 1 is 1.53 bits per heavy atom. The van der Waals surface area contributed by atoms with Gasteiger partial charge in [0.15, 0.2) is 0 Å². The van der Waals surface area contributed by atoms with Crippen LogP contribution in [0.25, 0.3) is 0 Å². The number of unbranched alkanes of at least 4 members (excludes halogenated alkanes) is 1. The molecule has 0 bridgehead atoms. The SMILES string of the molecule is CCCCN(C(=O)c1cc(F)cnc1Cl)C(C)CC. The fraction of sp³-hybridized carbons (Fsp3) is 0.571. The van der Waals surface area contributed by atoms with Crippen molar-refractivity contribution >= 4 is 17.5 Å². The molecule has 0 saturated heterocycles. The number of pyridine rings is 1. The maximum Gasteiger partial charge on any atom is 0.257 e. The second-order valence-electron chi connectivity index (χ2n) is 4.60. The zero-order chi connectivity index (χ0) is 14.4. The van der Waals surface area contributed by atoms with E-state index in [1.807, 2.05) is 13.8 Å². The second kappa shape index (κ2) is 7.43. The molecule has 0 fully saturated rings. The van der Waals surface area contributed by atoms with Gasteiger partial charge in [0, 0.05) is 12.6 Å². The molecule has 1 atom stereocenters. The van der Waals surface area contributed by atoms with Gasteiger partial charge in [-0.25, -0.2) is 9.37 Å². The number of hydrogen-bond acceptors (Lipinski definition) is 2. The second-order valence-corrected chi connectivity index (χ2v) is 4.96. The van der Waals surface area contributed by atoms with E-state index in [1.54, 1.807) is 4.90 Å². The van der Waals surface area contributed by atoms with E-state index >= 15 is 0 Å². The number of carbonyl (C=O) groups excluding carboxylic acids is 1. The Bertz CT molecular complexity index is 439. The number of rotatable bonds is 6. The van der Waals surface area contributed by atoms with E-state index in [0.717, 1.165) is 31.5 Å². The Morgan fingerprint density at radius 3 is 2.79 bits per heavy atom. The minimum absolute atomic E-state index is 0.0520. The minimum atomic E-state index is -0.549. The van der Waals surface area contributed by atoms with Crippen LogP contribution in [0.5, 0.6) is 0 Å².